The van der Waals surface area contributed by atoms with E-state index in [1.807, 2.05) is 35.6 Å². The van der Waals surface area contributed by atoms with Gasteiger partial charge < -0.3 is 5.32 Å². The Hall–Kier alpha value is -1.58. The van der Waals surface area contributed by atoms with Gasteiger partial charge in [0.2, 0.25) is 0 Å². The van der Waals surface area contributed by atoms with Crippen molar-refractivity contribution in [3.63, 3.8) is 0 Å². The Morgan fingerprint density at radius 3 is 2.85 bits per heavy atom. The normalized spacial score (nSPS) is 10.9. The number of benzene rings is 1. The van der Waals surface area contributed by atoms with Crippen molar-refractivity contribution < 1.29 is 0 Å². The largest absolute Gasteiger partial charge is 0.380 e. The van der Waals surface area contributed by atoms with Gasteiger partial charge in [-0.1, -0.05) is 11.6 Å². The monoisotopic (exact) mass is 302 g/mol. The number of anilines is 1. The molecule has 4 heteroatoms. The number of hydrogen-bond acceptors (Lipinski definition) is 3. The molecule has 0 aliphatic heterocycles. The zero-order valence-electron chi connectivity index (χ0n) is 11.4. The molecule has 0 saturated heterocycles. The molecule has 0 bridgehead atoms. The Kier molecular flexibility index (Phi) is 3.64. The van der Waals surface area contributed by atoms with Crippen LogP contribution in [0.5, 0.6) is 0 Å². The summed E-state index contributed by atoms with van der Waals surface area (Å²) >= 11 is 8.02. The SMILES string of the molecule is Cc1cc(CNc2ccc(Cl)c3ncccc23)c(C)s1. The summed E-state index contributed by atoms with van der Waals surface area (Å²) in [4.78, 5) is 7.06. The van der Waals surface area contributed by atoms with E-state index in [-0.39, 0.29) is 0 Å². The number of aromatic nitrogens is 1. The zero-order chi connectivity index (χ0) is 14.1. The molecule has 0 aliphatic rings. The number of hydrogen-bond donors (Lipinski definition) is 1. The van der Waals surface area contributed by atoms with Crippen LogP contribution in [-0.4, -0.2) is 4.98 Å². The molecule has 1 N–H and O–H groups in total. The highest BCUT2D eigenvalue weighted by atomic mass is 35.5. The molecule has 0 spiro atoms. The average molecular weight is 303 g/mol. The van der Waals surface area contributed by atoms with E-state index in [0.717, 1.165) is 23.1 Å². The Morgan fingerprint density at radius 2 is 2.10 bits per heavy atom. The first-order valence-corrected chi connectivity index (χ1v) is 7.67. The molecule has 2 aromatic heterocycles. The molecular formula is C16H15ClN2S. The van der Waals surface area contributed by atoms with Crippen LogP contribution in [0.2, 0.25) is 5.02 Å². The third-order valence-corrected chi connectivity index (χ3v) is 4.65. The van der Waals surface area contributed by atoms with E-state index in [4.69, 9.17) is 11.6 Å². The van der Waals surface area contributed by atoms with Crippen molar-refractivity contribution in [2.24, 2.45) is 0 Å². The smallest absolute Gasteiger partial charge is 0.0908 e. The van der Waals surface area contributed by atoms with Crippen molar-refractivity contribution in [2.45, 2.75) is 20.4 Å². The van der Waals surface area contributed by atoms with E-state index >= 15 is 0 Å². The maximum absolute atomic E-state index is 6.19. The maximum atomic E-state index is 6.19. The summed E-state index contributed by atoms with van der Waals surface area (Å²) in [6.45, 7) is 5.13. The molecule has 0 saturated carbocycles. The minimum absolute atomic E-state index is 0.689. The standard InChI is InChI=1S/C16H15ClN2S/c1-10-8-12(11(2)20-10)9-19-15-6-5-14(17)16-13(15)4-3-7-18-16/h3-8,19H,9H2,1-2H3. The molecule has 2 nitrogen and oxygen atoms in total. The van der Waals surface area contributed by atoms with Gasteiger partial charge in [-0.05, 0) is 49.7 Å². The number of rotatable bonds is 3. The summed E-state index contributed by atoms with van der Waals surface area (Å²) in [5.74, 6) is 0. The molecule has 3 aromatic rings. The third-order valence-electron chi connectivity index (χ3n) is 3.33. The summed E-state index contributed by atoms with van der Waals surface area (Å²) in [5, 5.41) is 5.24. The molecule has 2 heterocycles. The predicted octanol–water partition coefficient (Wildman–Crippen LogP) is 5.18. The number of pyridine rings is 1. The first kappa shape index (κ1) is 13.4. The van der Waals surface area contributed by atoms with Crippen molar-refractivity contribution in [1.82, 2.24) is 4.98 Å². The second-order valence-electron chi connectivity index (χ2n) is 4.79. The second-order valence-corrected chi connectivity index (χ2v) is 6.65. The summed E-state index contributed by atoms with van der Waals surface area (Å²) in [7, 11) is 0. The molecule has 0 unspecified atom stereocenters. The van der Waals surface area contributed by atoms with Crippen molar-refractivity contribution in [2.75, 3.05) is 5.32 Å². The molecule has 0 fully saturated rings. The van der Waals surface area contributed by atoms with Crippen LogP contribution in [0.4, 0.5) is 5.69 Å². The van der Waals surface area contributed by atoms with Gasteiger partial charge in [0.25, 0.3) is 0 Å². The van der Waals surface area contributed by atoms with Gasteiger partial charge in [0.05, 0.1) is 10.5 Å². The molecule has 0 radical (unpaired) electrons. The average Bonchev–Trinajstić information content (AvgIpc) is 2.77. The van der Waals surface area contributed by atoms with Gasteiger partial charge in [0, 0.05) is 33.6 Å². The van der Waals surface area contributed by atoms with Crippen LogP contribution in [0.3, 0.4) is 0 Å². The molecule has 102 valence electrons. The fourth-order valence-corrected chi connectivity index (χ4v) is 3.50. The Labute approximate surface area is 127 Å². The Morgan fingerprint density at radius 1 is 1.25 bits per heavy atom. The molecular weight excluding hydrogens is 288 g/mol. The van der Waals surface area contributed by atoms with Crippen LogP contribution < -0.4 is 5.32 Å². The van der Waals surface area contributed by atoms with Crippen molar-refractivity contribution in [3.8, 4) is 0 Å². The van der Waals surface area contributed by atoms with Crippen LogP contribution in [0.25, 0.3) is 10.9 Å². The van der Waals surface area contributed by atoms with Gasteiger partial charge in [-0.2, -0.15) is 0 Å². The van der Waals surface area contributed by atoms with E-state index in [1.54, 1.807) is 6.20 Å². The fourth-order valence-electron chi connectivity index (χ4n) is 2.34. The van der Waals surface area contributed by atoms with Gasteiger partial charge in [-0.25, -0.2) is 0 Å². The maximum Gasteiger partial charge on any atom is 0.0908 e. The van der Waals surface area contributed by atoms with Gasteiger partial charge in [0.1, 0.15) is 0 Å². The summed E-state index contributed by atoms with van der Waals surface area (Å²) in [6, 6.07) is 10.1. The summed E-state index contributed by atoms with van der Waals surface area (Å²) < 4.78 is 0. The molecule has 0 aliphatic carbocycles. The molecule has 0 atom stereocenters. The molecule has 0 amide bonds. The summed E-state index contributed by atoms with van der Waals surface area (Å²) in [5.41, 5.74) is 3.26. The topological polar surface area (TPSA) is 24.9 Å². The Balaban J connectivity index is 1.92. The van der Waals surface area contributed by atoms with Crippen LogP contribution in [0.1, 0.15) is 15.3 Å². The highest BCUT2D eigenvalue weighted by molar-refractivity contribution is 7.12. The molecule has 3 rings (SSSR count). The third kappa shape index (κ3) is 2.51. The van der Waals surface area contributed by atoms with Crippen LogP contribution in [0, 0.1) is 13.8 Å². The number of aryl methyl sites for hydroxylation is 2. The van der Waals surface area contributed by atoms with Crippen molar-refractivity contribution in [1.29, 1.82) is 0 Å². The molecule has 20 heavy (non-hydrogen) atoms. The lowest BCUT2D eigenvalue weighted by Gasteiger charge is -2.10. The van der Waals surface area contributed by atoms with Crippen LogP contribution in [-0.2, 0) is 6.54 Å². The predicted molar refractivity (Wildman–Crippen MR) is 87.9 cm³/mol. The number of nitrogens with zero attached hydrogens (tertiary/aromatic N) is 1. The number of nitrogens with one attached hydrogen (secondary N) is 1. The van der Waals surface area contributed by atoms with Gasteiger partial charge >= 0.3 is 0 Å². The highest BCUT2D eigenvalue weighted by Crippen LogP contribution is 2.29. The number of fused-ring (bicyclic) bond motifs is 1. The van der Waals surface area contributed by atoms with E-state index in [9.17, 15) is 0 Å². The minimum Gasteiger partial charge on any atom is -0.380 e. The van der Waals surface area contributed by atoms with E-state index in [0.29, 0.717) is 5.02 Å². The van der Waals surface area contributed by atoms with E-state index < -0.39 is 0 Å². The number of halogens is 1. The van der Waals surface area contributed by atoms with Gasteiger partial charge in [-0.15, -0.1) is 11.3 Å². The van der Waals surface area contributed by atoms with Crippen molar-refractivity contribution in [3.05, 3.63) is 56.9 Å². The quantitative estimate of drug-likeness (QED) is 0.721. The van der Waals surface area contributed by atoms with Gasteiger partial charge in [0.15, 0.2) is 0 Å². The Bertz CT molecular complexity index is 764. The first-order chi connectivity index (χ1) is 9.65. The lowest BCUT2D eigenvalue weighted by Crippen LogP contribution is -2.00. The lowest BCUT2D eigenvalue weighted by molar-refractivity contribution is 1.14. The molecule has 1 aromatic carbocycles. The first-order valence-electron chi connectivity index (χ1n) is 6.48. The lowest BCUT2D eigenvalue weighted by atomic mass is 10.1. The van der Waals surface area contributed by atoms with Gasteiger partial charge in [-0.3, -0.25) is 4.98 Å². The zero-order valence-corrected chi connectivity index (χ0v) is 13.0. The second kappa shape index (κ2) is 5.43. The van der Waals surface area contributed by atoms with Crippen LogP contribution in [0.15, 0.2) is 36.5 Å². The summed E-state index contributed by atoms with van der Waals surface area (Å²) in [6.07, 6.45) is 1.77. The van der Waals surface area contributed by atoms with E-state index in [1.165, 1.54) is 15.3 Å². The number of thiophene rings is 1. The fraction of sp³-hybridized carbons (Fsp3) is 0.188. The van der Waals surface area contributed by atoms with E-state index in [2.05, 4.69) is 30.2 Å². The minimum atomic E-state index is 0.689. The van der Waals surface area contributed by atoms with Crippen LogP contribution >= 0.6 is 22.9 Å². The van der Waals surface area contributed by atoms with Crippen molar-refractivity contribution >= 4 is 39.5 Å². The highest BCUT2D eigenvalue weighted by Gasteiger charge is 2.07.